The Bertz CT molecular complexity index is 257. The Morgan fingerprint density at radius 3 is 1.62 bits per heavy atom. The van der Waals surface area contributed by atoms with Crippen LogP contribution in [-0.2, 0) is 0 Å². The van der Waals surface area contributed by atoms with Crippen LogP contribution < -0.4 is 0 Å². The summed E-state index contributed by atoms with van der Waals surface area (Å²) in [5.74, 6) is 4.09. The lowest BCUT2D eigenvalue weighted by Gasteiger charge is -2.31. The summed E-state index contributed by atoms with van der Waals surface area (Å²) in [5, 5.41) is 0. The molecule has 2 aliphatic carbocycles. The van der Waals surface area contributed by atoms with Crippen molar-refractivity contribution in [2.75, 3.05) is 0 Å². The molecule has 0 amide bonds. The molecule has 0 saturated heterocycles. The van der Waals surface area contributed by atoms with Crippen LogP contribution in [0.1, 0.15) is 110 Å². The summed E-state index contributed by atoms with van der Waals surface area (Å²) in [6.45, 7) is 5.03. The SMILES string of the molecule is CC1CCCCCCC(C2CCCCCCC(C)C2)CC1. The summed E-state index contributed by atoms with van der Waals surface area (Å²) < 4.78 is 0. The van der Waals surface area contributed by atoms with E-state index in [0.29, 0.717) is 0 Å². The monoisotopic (exact) mass is 292 g/mol. The maximum atomic E-state index is 2.53. The van der Waals surface area contributed by atoms with Crippen molar-refractivity contribution in [2.24, 2.45) is 23.7 Å². The second-order valence-corrected chi connectivity index (χ2v) is 8.53. The molecule has 0 spiro atoms. The first-order valence-electron chi connectivity index (χ1n) is 10.3. The van der Waals surface area contributed by atoms with Crippen molar-refractivity contribution in [3.8, 4) is 0 Å². The fourth-order valence-electron chi connectivity index (χ4n) is 4.95. The average molecular weight is 293 g/mol. The normalized spacial score (nSPS) is 38.0. The van der Waals surface area contributed by atoms with Crippen molar-refractivity contribution >= 4 is 0 Å². The zero-order valence-corrected chi connectivity index (χ0v) is 14.9. The smallest absolute Gasteiger partial charge is 0.0383 e. The molecular formula is C21H40. The van der Waals surface area contributed by atoms with Crippen LogP contribution in [0.2, 0.25) is 0 Å². The molecule has 21 heavy (non-hydrogen) atoms. The second kappa shape index (κ2) is 9.90. The van der Waals surface area contributed by atoms with Crippen LogP contribution in [0.25, 0.3) is 0 Å². The first-order chi connectivity index (χ1) is 10.3. The number of hydrogen-bond acceptors (Lipinski definition) is 0. The van der Waals surface area contributed by atoms with E-state index in [1.165, 1.54) is 70.6 Å². The maximum absolute atomic E-state index is 2.53. The third kappa shape index (κ3) is 6.74. The molecule has 4 unspecified atom stereocenters. The predicted molar refractivity (Wildman–Crippen MR) is 94.6 cm³/mol. The van der Waals surface area contributed by atoms with Gasteiger partial charge in [0.05, 0.1) is 0 Å². The maximum Gasteiger partial charge on any atom is -0.0383 e. The molecule has 0 N–H and O–H groups in total. The third-order valence-electron chi connectivity index (χ3n) is 6.45. The lowest BCUT2D eigenvalue weighted by Crippen LogP contribution is -2.19. The van der Waals surface area contributed by atoms with Crippen LogP contribution in [0.4, 0.5) is 0 Å². The predicted octanol–water partition coefficient (Wildman–Crippen LogP) is 7.37. The van der Waals surface area contributed by atoms with Gasteiger partial charge in [-0.05, 0) is 36.5 Å². The molecule has 0 aromatic heterocycles. The van der Waals surface area contributed by atoms with Gasteiger partial charge in [-0.15, -0.1) is 0 Å². The summed E-state index contributed by atoms with van der Waals surface area (Å²) in [7, 11) is 0. The van der Waals surface area contributed by atoms with Crippen LogP contribution in [0.15, 0.2) is 0 Å². The van der Waals surface area contributed by atoms with E-state index in [0.717, 1.165) is 23.7 Å². The van der Waals surface area contributed by atoms with E-state index in [9.17, 15) is 0 Å². The highest BCUT2D eigenvalue weighted by atomic mass is 14.3. The van der Waals surface area contributed by atoms with Crippen LogP contribution in [0.5, 0.6) is 0 Å². The lowest BCUT2D eigenvalue weighted by molar-refractivity contribution is 0.207. The van der Waals surface area contributed by atoms with E-state index >= 15 is 0 Å². The molecule has 0 aromatic rings. The number of rotatable bonds is 1. The minimum absolute atomic E-state index is 0.986. The highest BCUT2D eigenvalue weighted by Gasteiger charge is 2.24. The van der Waals surface area contributed by atoms with E-state index in [4.69, 9.17) is 0 Å². The van der Waals surface area contributed by atoms with E-state index in [2.05, 4.69) is 13.8 Å². The van der Waals surface area contributed by atoms with Gasteiger partial charge >= 0.3 is 0 Å². The largest absolute Gasteiger partial charge is 0.0625 e. The number of hydrogen-bond donors (Lipinski definition) is 0. The second-order valence-electron chi connectivity index (χ2n) is 8.53. The Kier molecular flexibility index (Phi) is 8.19. The minimum atomic E-state index is 0.986. The first kappa shape index (κ1) is 17.4. The van der Waals surface area contributed by atoms with Gasteiger partial charge in [-0.2, -0.15) is 0 Å². The summed E-state index contributed by atoms with van der Waals surface area (Å²) >= 11 is 0. The minimum Gasteiger partial charge on any atom is -0.0625 e. The lowest BCUT2D eigenvalue weighted by atomic mass is 9.75. The molecule has 2 aliphatic rings. The van der Waals surface area contributed by atoms with Gasteiger partial charge in [0.1, 0.15) is 0 Å². The average Bonchev–Trinajstić information content (AvgIpc) is 2.58. The Balaban J connectivity index is 1.92. The van der Waals surface area contributed by atoms with E-state index in [1.807, 2.05) is 0 Å². The molecule has 0 aliphatic heterocycles. The first-order valence-corrected chi connectivity index (χ1v) is 10.3. The van der Waals surface area contributed by atoms with Gasteiger partial charge < -0.3 is 0 Å². The summed E-state index contributed by atoms with van der Waals surface area (Å²) in [5.41, 5.74) is 0. The van der Waals surface area contributed by atoms with E-state index < -0.39 is 0 Å². The van der Waals surface area contributed by atoms with E-state index in [1.54, 1.807) is 25.7 Å². The molecule has 124 valence electrons. The molecule has 0 nitrogen and oxygen atoms in total. The standard InChI is InChI=1S/C21H40/c1-18-11-7-3-5-9-13-20(16-15-18)21-14-10-6-4-8-12-19(2)17-21/h18-21H,3-17H2,1-2H3. The molecule has 2 saturated carbocycles. The summed E-state index contributed by atoms with van der Waals surface area (Å²) in [6, 6.07) is 0. The van der Waals surface area contributed by atoms with Gasteiger partial charge in [0, 0.05) is 0 Å². The molecule has 0 heteroatoms. The van der Waals surface area contributed by atoms with Gasteiger partial charge in [-0.3, -0.25) is 0 Å². The summed E-state index contributed by atoms with van der Waals surface area (Å²) in [6.07, 6.45) is 22.7. The Labute approximate surface area is 134 Å². The fourth-order valence-corrected chi connectivity index (χ4v) is 4.95. The molecule has 4 atom stereocenters. The van der Waals surface area contributed by atoms with Crippen molar-refractivity contribution in [1.29, 1.82) is 0 Å². The molecular weight excluding hydrogens is 252 g/mol. The highest BCUT2D eigenvalue weighted by molar-refractivity contribution is 4.76. The Morgan fingerprint density at radius 1 is 0.429 bits per heavy atom. The molecule has 0 bridgehead atoms. The Hall–Kier alpha value is 0. The van der Waals surface area contributed by atoms with Crippen molar-refractivity contribution < 1.29 is 0 Å². The van der Waals surface area contributed by atoms with Gasteiger partial charge in [-0.25, -0.2) is 0 Å². The van der Waals surface area contributed by atoms with E-state index in [-0.39, 0.29) is 0 Å². The highest BCUT2D eigenvalue weighted by Crippen LogP contribution is 2.37. The van der Waals surface area contributed by atoms with Gasteiger partial charge in [0.2, 0.25) is 0 Å². The van der Waals surface area contributed by atoms with Crippen molar-refractivity contribution in [2.45, 2.75) is 110 Å². The molecule has 2 fully saturated rings. The van der Waals surface area contributed by atoms with Crippen molar-refractivity contribution in [3.63, 3.8) is 0 Å². The Morgan fingerprint density at radius 2 is 0.952 bits per heavy atom. The van der Waals surface area contributed by atoms with Crippen LogP contribution in [0, 0.1) is 23.7 Å². The van der Waals surface area contributed by atoms with Gasteiger partial charge in [0.15, 0.2) is 0 Å². The van der Waals surface area contributed by atoms with Crippen LogP contribution in [0.3, 0.4) is 0 Å². The molecule has 0 heterocycles. The fraction of sp³-hybridized carbons (Fsp3) is 1.00. The molecule has 2 rings (SSSR count). The topological polar surface area (TPSA) is 0 Å². The third-order valence-corrected chi connectivity index (χ3v) is 6.45. The van der Waals surface area contributed by atoms with Crippen molar-refractivity contribution in [3.05, 3.63) is 0 Å². The van der Waals surface area contributed by atoms with Crippen LogP contribution in [-0.4, -0.2) is 0 Å². The molecule has 0 radical (unpaired) electrons. The zero-order chi connectivity index (χ0) is 14.9. The van der Waals surface area contributed by atoms with Crippen molar-refractivity contribution in [1.82, 2.24) is 0 Å². The van der Waals surface area contributed by atoms with Gasteiger partial charge in [-0.1, -0.05) is 97.3 Å². The zero-order valence-electron chi connectivity index (χ0n) is 14.9. The quantitative estimate of drug-likeness (QED) is 0.473. The molecule has 0 aromatic carbocycles. The summed E-state index contributed by atoms with van der Waals surface area (Å²) in [4.78, 5) is 0. The van der Waals surface area contributed by atoms with Crippen LogP contribution >= 0.6 is 0 Å². The van der Waals surface area contributed by atoms with Gasteiger partial charge in [0.25, 0.3) is 0 Å².